The molecule has 3 heterocycles. The molecule has 2 aromatic rings. The number of hydrogen-bond donors (Lipinski definition) is 0. The zero-order valence-corrected chi connectivity index (χ0v) is 16.0. The van der Waals surface area contributed by atoms with Crippen LogP contribution in [0.5, 0.6) is 0 Å². The predicted octanol–water partition coefficient (Wildman–Crippen LogP) is 2.84. The van der Waals surface area contributed by atoms with Crippen molar-refractivity contribution in [2.24, 2.45) is 5.92 Å². The minimum atomic E-state index is -3.67. The molecule has 0 spiro atoms. The third kappa shape index (κ3) is 3.63. The summed E-state index contributed by atoms with van der Waals surface area (Å²) in [5.74, 6) is 0.330. The fraction of sp³-hybridized carbons (Fsp3) is 0.381. The zero-order chi connectivity index (χ0) is 18.9. The molecule has 27 heavy (non-hydrogen) atoms. The SMILES string of the molecule is N#Cc1ccccc1S(=O)(=O)N1C[C@H]2CC[C@@H]1CN(Cc1ccccc1)C2. The van der Waals surface area contributed by atoms with Gasteiger partial charge in [-0.3, -0.25) is 4.90 Å². The van der Waals surface area contributed by atoms with Crippen LogP contribution in [0, 0.1) is 17.2 Å². The Hall–Kier alpha value is -2.20. The van der Waals surface area contributed by atoms with Crippen molar-refractivity contribution in [2.45, 2.75) is 30.3 Å². The summed E-state index contributed by atoms with van der Waals surface area (Å²) in [6.07, 6.45) is 1.94. The summed E-state index contributed by atoms with van der Waals surface area (Å²) in [6, 6.07) is 18.8. The van der Waals surface area contributed by atoms with E-state index in [-0.39, 0.29) is 16.5 Å². The van der Waals surface area contributed by atoms with E-state index in [1.165, 1.54) is 5.56 Å². The van der Waals surface area contributed by atoms with Gasteiger partial charge in [-0.2, -0.15) is 9.57 Å². The molecule has 3 aliphatic heterocycles. The Labute approximate surface area is 160 Å². The largest absolute Gasteiger partial charge is 0.297 e. The van der Waals surface area contributed by atoms with Crippen molar-refractivity contribution in [1.82, 2.24) is 9.21 Å². The molecular weight excluding hydrogens is 358 g/mol. The van der Waals surface area contributed by atoms with Gasteiger partial charge in [0.25, 0.3) is 0 Å². The fourth-order valence-corrected chi connectivity index (χ4v) is 6.18. The first kappa shape index (κ1) is 18.2. The van der Waals surface area contributed by atoms with Crippen molar-refractivity contribution in [3.05, 3.63) is 65.7 Å². The zero-order valence-electron chi connectivity index (χ0n) is 15.2. The van der Waals surface area contributed by atoms with Crippen LogP contribution in [-0.4, -0.2) is 43.3 Å². The maximum Gasteiger partial charge on any atom is 0.244 e. The van der Waals surface area contributed by atoms with Gasteiger partial charge in [-0.15, -0.1) is 0 Å². The number of nitriles is 1. The van der Waals surface area contributed by atoms with Crippen LogP contribution in [0.4, 0.5) is 0 Å². The molecule has 0 aromatic heterocycles. The third-order valence-corrected chi connectivity index (χ3v) is 7.56. The van der Waals surface area contributed by atoms with Crippen LogP contribution in [0.2, 0.25) is 0 Å². The summed E-state index contributed by atoms with van der Waals surface area (Å²) in [4.78, 5) is 2.51. The molecule has 0 unspecified atom stereocenters. The monoisotopic (exact) mass is 381 g/mol. The van der Waals surface area contributed by atoms with E-state index in [0.29, 0.717) is 12.5 Å². The molecule has 0 aliphatic carbocycles. The number of rotatable bonds is 4. The summed E-state index contributed by atoms with van der Waals surface area (Å²) in [7, 11) is -3.67. The summed E-state index contributed by atoms with van der Waals surface area (Å²) < 4.78 is 28.3. The minimum Gasteiger partial charge on any atom is -0.297 e. The normalized spacial score (nSPS) is 23.7. The Morgan fingerprint density at radius 3 is 2.48 bits per heavy atom. The number of nitrogens with zero attached hydrogens (tertiary/aromatic N) is 3. The van der Waals surface area contributed by atoms with Crippen LogP contribution in [0.25, 0.3) is 0 Å². The van der Waals surface area contributed by atoms with Crippen molar-refractivity contribution >= 4 is 10.0 Å². The van der Waals surface area contributed by atoms with Gasteiger partial charge in [-0.1, -0.05) is 42.5 Å². The Morgan fingerprint density at radius 2 is 1.70 bits per heavy atom. The van der Waals surface area contributed by atoms with Gasteiger partial charge in [0.2, 0.25) is 10.0 Å². The number of piperidine rings is 1. The topological polar surface area (TPSA) is 64.4 Å². The van der Waals surface area contributed by atoms with Gasteiger partial charge < -0.3 is 0 Å². The van der Waals surface area contributed by atoms with Gasteiger partial charge in [-0.25, -0.2) is 8.42 Å². The molecule has 5 rings (SSSR count). The summed E-state index contributed by atoms with van der Waals surface area (Å²) >= 11 is 0. The lowest BCUT2D eigenvalue weighted by Gasteiger charge is -2.35. The first-order chi connectivity index (χ1) is 13.1. The van der Waals surface area contributed by atoms with Gasteiger partial charge in [0.1, 0.15) is 6.07 Å². The van der Waals surface area contributed by atoms with Crippen LogP contribution < -0.4 is 0 Å². The van der Waals surface area contributed by atoms with E-state index in [0.717, 1.165) is 32.5 Å². The maximum absolute atomic E-state index is 13.3. The summed E-state index contributed by atoms with van der Waals surface area (Å²) in [5, 5.41) is 9.33. The van der Waals surface area contributed by atoms with Crippen molar-refractivity contribution < 1.29 is 8.42 Å². The third-order valence-electron chi connectivity index (χ3n) is 5.58. The second kappa shape index (κ2) is 7.43. The Balaban J connectivity index is 1.60. The average Bonchev–Trinajstić information content (AvgIpc) is 2.99. The molecule has 0 amide bonds. The number of fused-ring (bicyclic) bond motifs is 4. The molecule has 2 bridgehead atoms. The highest BCUT2D eigenvalue weighted by Crippen LogP contribution is 2.33. The highest BCUT2D eigenvalue weighted by molar-refractivity contribution is 7.89. The van der Waals surface area contributed by atoms with Gasteiger partial charge in [0.05, 0.1) is 10.5 Å². The molecule has 0 saturated carbocycles. The lowest BCUT2D eigenvalue weighted by Crippen LogP contribution is -2.47. The highest BCUT2D eigenvalue weighted by atomic mass is 32.2. The van der Waals surface area contributed by atoms with E-state index in [1.807, 2.05) is 24.3 Å². The van der Waals surface area contributed by atoms with Crippen molar-refractivity contribution in [3.63, 3.8) is 0 Å². The van der Waals surface area contributed by atoms with Gasteiger partial charge >= 0.3 is 0 Å². The second-order valence-electron chi connectivity index (χ2n) is 7.46. The first-order valence-corrected chi connectivity index (χ1v) is 10.8. The van der Waals surface area contributed by atoms with Crippen LogP contribution in [0.15, 0.2) is 59.5 Å². The second-order valence-corrected chi connectivity index (χ2v) is 9.32. The lowest BCUT2D eigenvalue weighted by molar-refractivity contribution is 0.226. The molecule has 0 N–H and O–H groups in total. The summed E-state index contributed by atoms with van der Waals surface area (Å²) in [6.45, 7) is 3.03. The lowest BCUT2D eigenvalue weighted by atomic mass is 9.97. The van der Waals surface area contributed by atoms with Crippen LogP contribution in [-0.2, 0) is 16.6 Å². The van der Waals surface area contributed by atoms with E-state index >= 15 is 0 Å². The minimum absolute atomic E-state index is 0.0378. The highest BCUT2D eigenvalue weighted by Gasteiger charge is 2.41. The smallest absolute Gasteiger partial charge is 0.244 e. The van der Waals surface area contributed by atoms with Gasteiger partial charge in [0.15, 0.2) is 0 Å². The Morgan fingerprint density at radius 1 is 0.963 bits per heavy atom. The van der Waals surface area contributed by atoms with Crippen LogP contribution in [0.1, 0.15) is 24.0 Å². The molecule has 3 aliphatic rings. The number of hydrogen-bond acceptors (Lipinski definition) is 4. The molecule has 2 aromatic carbocycles. The maximum atomic E-state index is 13.3. The summed E-state index contributed by atoms with van der Waals surface area (Å²) in [5.41, 5.74) is 1.47. The van der Waals surface area contributed by atoms with Crippen molar-refractivity contribution in [3.8, 4) is 6.07 Å². The van der Waals surface area contributed by atoms with E-state index in [4.69, 9.17) is 0 Å². The number of sulfonamides is 1. The molecule has 140 valence electrons. The molecule has 2 atom stereocenters. The molecule has 5 nitrogen and oxygen atoms in total. The van der Waals surface area contributed by atoms with Crippen molar-refractivity contribution in [2.75, 3.05) is 19.6 Å². The Bertz CT molecular complexity index is 953. The standard InChI is InChI=1S/C21H23N3O2S/c22-12-19-8-4-5-9-21(19)27(25,26)24-15-18-10-11-20(24)16-23(14-18)13-17-6-2-1-3-7-17/h1-9,18,20H,10-11,13-16H2/t18-,20+/m0/s1. The molecular formula is C21H23N3O2S. The van der Waals surface area contributed by atoms with Gasteiger partial charge in [0, 0.05) is 32.2 Å². The predicted molar refractivity (Wildman–Crippen MR) is 103 cm³/mol. The van der Waals surface area contributed by atoms with E-state index < -0.39 is 10.0 Å². The van der Waals surface area contributed by atoms with Gasteiger partial charge in [-0.05, 0) is 36.5 Å². The van der Waals surface area contributed by atoms with Crippen molar-refractivity contribution in [1.29, 1.82) is 5.26 Å². The molecule has 0 radical (unpaired) electrons. The van der Waals surface area contributed by atoms with E-state index in [9.17, 15) is 13.7 Å². The first-order valence-electron chi connectivity index (χ1n) is 9.35. The quantitative estimate of drug-likeness (QED) is 0.817. The fourth-order valence-electron chi connectivity index (χ4n) is 4.31. The van der Waals surface area contributed by atoms with E-state index in [1.54, 1.807) is 28.6 Å². The number of benzene rings is 2. The van der Waals surface area contributed by atoms with Crippen LogP contribution >= 0.6 is 0 Å². The Kier molecular flexibility index (Phi) is 5.00. The molecule has 3 saturated heterocycles. The van der Waals surface area contributed by atoms with Crippen LogP contribution in [0.3, 0.4) is 0 Å². The molecule has 6 heteroatoms. The average molecular weight is 382 g/mol. The molecule has 3 fully saturated rings. The van der Waals surface area contributed by atoms with E-state index in [2.05, 4.69) is 17.0 Å².